The lowest BCUT2D eigenvalue weighted by molar-refractivity contribution is -0.126. The first kappa shape index (κ1) is 13.5. The number of carbonyl (C=O) groups is 1. The number of carbonyl (C=O) groups excluding carboxylic acids is 1. The summed E-state index contributed by atoms with van der Waals surface area (Å²) in [6, 6.07) is 4.87. The SMILES string of the molecule is CC(C(=O)NCc1ccc(Br)c(F)c1)C1CNC1. The molecule has 0 aliphatic carbocycles. The van der Waals surface area contributed by atoms with Gasteiger partial charge in [0.15, 0.2) is 0 Å². The van der Waals surface area contributed by atoms with E-state index in [9.17, 15) is 9.18 Å². The maximum atomic E-state index is 13.3. The molecule has 2 N–H and O–H groups in total. The first-order chi connectivity index (χ1) is 8.58. The second kappa shape index (κ2) is 5.80. The Morgan fingerprint density at radius 2 is 2.33 bits per heavy atom. The summed E-state index contributed by atoms with van der Waals surface area (Å²) >= 11 is 3.10. The molecule has 1 atom stereocenters. The van der Waals surface area contributed by atoms with Gasteiger partial charge >= 0.3 is 0 Å². The zero-order chi connectivity index (χ0) is 13.1. The third kappa shape index (κ3) is 3.09. The largest absolute Gasteiger partial charge is 0.352 e. The molecule has 3 nitrogen and oxygen atoms in total. The van der Waals surface area contributed by atoms with Crippen molar-refractivity contribution in [2.75, 3.05) is 13.1 Å². The lowest BCUT2D eigenvalue weighted by atomic mass is 9.88. The van der Waals surface area contributed by atoms with E-state index in [1.807, 2.05) is 6.92 Å². The van der Waals surface area contributed by atoms with Gasteiger partial charge in [0.25, 0.3) is 0 Å². The van der Waals surface area contributed by atoms with Gasteiger partial charge in [-0.3, -0.25) is 4.79 Å². The highest BCUT2D eigenvalue weighted by Crippen LogP contribution is 2.18. The van der Waals surface area contributed by atoms with Gasteiger partial charge in [-0.1, -0.05) is 13.0 Å². The summed E-state index contributed by atoms with van der Waals surface area (Å²) in [5.41, 5.74) is 0.767. The highest BCUT2D eigenvalue weighted by molar-refractivity contribution is 9.10. The van der Waals surface area contributed by atoms with Crippen molar-refractivity contribution in [1.29, 1.82) is 0 Å². The highest BCUT2D eigenvalue weighted by Gasteiger charge is 2.28. The Balaban J connectivity index is 1.86. The van der Waals surface area contributed by atoms with Crippen molar-refractivity contribution in [1.82, 2.24) is 10.6 Å². The first-order valence-corrected chi connectivity index (χ1v) is 6.79. The molecule has 1 aliphatic rings. The highest BCUT2D eigenvalue weighted by atomic mass is 79.9. The molecule has 1 saturated heterocycles. The summed E-state index contributed by atoms with van der Waals surface area (Å²) in [6.45, 7) is 4.11. The Morgan fingerprint density at radius 1 is 1.61 bits per heavy atom. The Kier molecular flexibility index (Phi) is 4.35. The molecule has 0 aromatic heterocycles. The van der Waals surface area contributed by atoms with E-state index in [1.165, 1.54) is 6.07 Å². The second-order valence-electron chi connectivity index (χ2n) is 4.67. The van der Waals surface area contributed by atoms with Crippen LogP contribution in [-0.4, -0.2) is 19.0 Å². The van der Waals surface area contributed by atoms with E-state index in [2.05, 4.69) is 26.6 Å². The average Bonchev–Trinajstić information content (AvgIpc) is 2.28. The quantitative estimate of drug-likeness (QED) is 0.893. The Hall–Kier alpha value is -0.940. The monoisotopic (exact) mass is 314 g/mol. The van der Waals surface area contributed by atoms with Crippen molar-refractivity contribution in [3.05, 3.63) is 34.1 Å². The lowest BCUT2D eigenvalue weighted by Crippen LogP contribution is -2.49. The summed E-state index contributed by atoms with van der Waals surface area (Å²) in [5.74, 6) is 0.154. The zero-order valence-corrected chi connectivity index (χ0v) is 11.8. The van der Waals surface area contributed by atoms with Crippen molar-refractivity contribution in [3.63, 3.8) is 0 Å². The van der Waals surface area contributed by atoms with Crippen LogP contribution in [0.25, 0.3) is 0 Å². The van der Waals surface area contributed by atoms with Crippen molar-refractivity contribution >= 4 is 21.8 Å². The normalized spacial score (nSPS) is 17.1. The molecule has 98 valence electrons. The van der Waals surface area contributed by atoms with Crippen LogP contribution < -0.4 is 10.6 Å². The topological polar surface area (TPSA) is 41.1 Å². The lowest BCUT2D eigenvalue weighted by Gasteiger charge is -2.31. The molecule has 5 heteroatoms. The smallest absolute Gasteiger partial charge is 0.223 e. The molecule has 2 rings (SSSR count). The number of nitrogens with one attached hydrogen (secondary N) is 2. The molecule has 0 spiro atoms. The van der Waals surface area contributed by atoms with Crippen molar-refractivity contribution < 1.29 is 9.18 Å². The van der Waals surface area contributed by atoms with Gasteiger partial charge in [-0.2, -0.15) is 0 Å². The van der Waals surface area contributed by atoms with Crippen LogP contribution in [0.3, 0.4) is 0 Å². The molecule has 0 saturated carbocycles. The maximum Gasteiger partial charge on any atom is 0.223 e. The fourth-order valence-electron chi connectivity index (χ4n) is 1.88. The van der Waals surface area contributed by atoms with Gasteiger partial charge in [0.2, 0.25) is 5.91 Å². The molecule has 1 unspecified atom stereocenters. The van der Waals surface area contributed by atoms with Crippen LogP contribution >= 0.6 is 15.9 Å². The van der Waals surface area contributed by atoms with Gasteiger partial charge in [-0.25, -0.2) is 4.39 Å². The minimum Gasteiger partial charge on any atom is -0.352 e. The summed E-state index contributed by atoms with van der Waals surface area (Å²) in [4.78, 5) is 11.9. The standard InChI is InChI=1S/C13H16BrFN2O/c1-8(10-6-16-7-10)13(18)17-5-9-2-3-11(14)12(15)4-9/h2-4,8,10,16H,5-7H2,1H3,(H,17,18). The number of rotatable bonds is 4. The number of halogens is 2. The van der Waals surface area contributed by atoms with E-state index in [4.69, 9.17) is 0 Å². The van der Waals surface area contributed by atoms with Crippen LogP contribution in [0.4, 0.5) is 4.39 Å². The van der Waals surface area contributed by atoms with E-state index in [-0.39, 0.29) is 17.6 Å². The fourth-order valence-corrected chi connectivity index (χ4v) is 2.13. The van der Waals surface area contributed by atoms with Gasteiger partial charge in [0.05, 0.1) is 4.47 Å². The molecular weight excluding hydrogens is 299 g/mol. The Labute approximate surface area is 114 Å². The minimum atomic E-state index is -0.307. The van der Waals surface area contributed by atoms with Crippen molar-refractivity contribution in [2.24, 2.45) is 11.8 Å². The van der Waals surface area contributed by atoms with E-state index < -0.39 is 0 Å². The maximum absolute atomic E-state index is 13.3. The molecular formula is C13H16BrFN2O. The third-order valence-corrected chi connectivity index (χ3v) is 4.03. The molecule has 1 aliphatic heterocycles. The van der Waals surface area contributed by atoms with E-state index in [1.54, 1.807) is 12.1 Å². The number of benzene rings is 1. The van der Waals surface area contributed by atoms with E-state index in [0.717, 1.165) is 18.7 Å². The van der Waals surface area contributed by atoms with Crippen molar-refractivity contribution in [2.45, 2.75) is 13.5 Å². The van der Waals surface area contributed by atoms with Gasteiger partial charge in [0, 0.05) is 12.5 Å². The van der Waals surface area contributed by atoms with Crippen LogP contribution in [-0.2, 0) is 11.3 Å². The molecule has 0 radical (unpaired) electrons. The Bertz CT molecular complexity index is 449. The van der Waals surface area contributed by atoms with Gasteiger partial charge in [-0.05, 0) is 52.6 Å². The van der Waals surface area contributed by atoms with Gasteiger partial charge in [-0.15, -0.1) is 0 Å². The van der Waals surface area contributed by atoms with Crippen LogP contribution in [0.2, 0.25) is 0 Å². The summed E-state index contributed by atoms with van der Waals surface area (Å²) in [7, 11) is 0. The third-order valence-electron chi connectivity index (χ3n) is 3.38. The molecule has 1 fully saturated rings. The number of hydrogen-bond donors (Lipinski definition) is 2. The van der Waals surface area contributed by atoms with Crippen molar-refractivity contribution in [3.8, 4) is 0 Å². The van der Waals surface area contributed by atoms with Crippen LogP contribution in [0, 0.1) is 17.7 Å². The van der Waals surface area contributed by atoms with E-state index >= 15 is 0 Å². The minimum absolute atomic E-state index is 0.00606. The molecule has 1 aromatic carbocycles. The first-order valence-electron chi connectivity index (χ1n) is 6.00. The summed E-state index contributed by atoms with van der Waals surface area (Å²) in [5, 5.41) is 6.00. The molecule has 1 heterocycles. The molecule has 1 aromatic rings. The summed E-state index contributed by atoms with van der Waals surface area (Å²) in [6.07, 6.45) is 0. The predicted octanol–water partition coefficient (Wildman–Crippen LogP) is 2.06. The zero-order valence-electron chi connectivity index (χ0n) is 10.2. The molecule has 18 heavy (non-hydrogen) atoms. The predicted molar refractivity (Wildman–Crippen MR) is 71.5 cm³/mol. The van der Waals surface area contributed by atoms with Gasteiger partial charge < -0.3 is 10.6 Å². The number of hydrogen-bond acceptors (Lipinski definition) is 2. The average molecular weight is 315 g/mol. The Morgan fingerprint density at radius 3 is 2.89 bits per heavy atom. The summed E-state index contributed by atoms with van der Waals surface area (Å²) < 4.78 is 13.7. The van der Waals surface area contributed by atoms with Crippen LogP contribution in [0.1, 0.15) is 12.5 Å². The van der Waals surface area contributed by atoms with Crippen LogP contribution in [0.15, 0.2) is 22.7 Å². The fraction of sp³-hybridized carbons (Fsp3) is 0.462. The molecule has 1 amide bonds. The number of amides is 1. The molecule has 0 bridgehead atoms. The van der Waals surface area contributed by atoms with Crippen LogP contribution in [0.5, 0.6) is 0 Å². The van der Waals surface area contributed by atoms with E-state index in [0.29, 0.717) is 16.9 Å². The van der Waals surface area contributed by atoms with Gasteiger partial charge in [0.1, 0.15) is 5.82 Å². The second-order valence-corrected chi connectivity index (χ2v) is 5.53.